The molecule has 5 rings (SSSR count). The van der Waals surface area contributed by atoms with Crippen LogP contribution in [0.5, 0.6) is 0 Å². The van der Waals surface area contributed by atoms with Crippen LogP contribution in [0.25, 0.3) is 22.0 Å². The number of rotatable bonds is 6. The largest absolute Gasteiger partial charge is 0.480 e. The maximum Gasteiger partial charge on any atom is 0.408 e. The van der Waals surface area contributed by atoms with Gasteiger partial charge in [0.2, 0.25) is 0 Å². The summed E-state index contributed by atoms with van der Waals surface area (Å²) in [5, 5.41) is 13.4. The molecule has 1 unspecified atom stereocenters. The number of aromatic amines is 1. The first-order valence-corrected chi connectivity index (χ1v) is 10.9. The Labute approximate surface area is 191 Å². The molecule has 3 aromatic carbocycles. The van der Waals surface area contributed by atoms with Gasteiger partial charge in [0.25, 0.3) is 0 Å². The lowest BCUT2D eigenvalue weighted by molar-refractivity contribution is -0.143. The van der Waals surface area contributed by atoms with Gasteiger partial charge in [-0.2, -0.15) is 0 Å². The van der Waals surface area contributed by atoms with E-state index in [1.807, 2.05) is 60.7 Å². The Morgan fingerprint density at radius 3 is 2.24 bits per heavy atom. The maximum atomic E-state index is 12.7. The van der Waals surface area contributed by atoms with Gasteiger partial charge < -0.3 is 20.1 Å². The molecule has 166 valence electrons. The van der Waals surface area contributed by atoms with Crippen molar-refractivity contribution in [3.63, 3.8) is 0 Å². The topological polar surface area (TPSA) is 91.4 Å². The van der Waals surface area contributed by atoms with Gasteiger partial charge >= 0.3 is 12.1 Å². The second-order valence-corrected chi connectivity index (χ2v) is 8.62. The first-order valence-electron chi connectivity index (χ1n) is 10.9. The van der Waals surface area contributed by atoms with Crippen molar-refractivity contribution in [2.24, 2.45) is 0 Å². The number of amides is 1. The predicted molar refractivity (Wildman–Crippen MR) is 126 cm³/mol. The number of carbonyl (C=O) groups excluding carboxylic acids is 1. The van der Waals surface area contributed by atoms with E-state index in [0.717, 1.165) is 38.7 Å². The number of alkyl carbamates (subject to hydrolysis) is 1. The number of aliphatic carboxylic acids is 1. The lowest BCUT2D eigenvalue weighted by Gasteiger charge is -2.26. The molecule has 0 saturated heterocycles. The fourth-order valence-corrected chi connectivity index (χ4v) is 4.69. The van der Waals surface area contributed by atoms with Gasteiger partial charge in [-0.05, 0) is 40.8 Å². The highest BCUT2D eigenvalue weighted by Gasteiger charge is 2.37. The van der Waals surface area contributed by atoms with Gasteiger partial charge in [0.05, 0.1) is 0 Å². The second kappa shape index (κ2) is 8.13. The summed E-state index contributed by atoms with van der Waals surface area (Å²) in [6.45, 7) is 1.63. The zero-order valence-corrected chi connectivity index (χ0v) is 18.2. The van der Waals surface area contributed by atoms with E-state index in [9.17, 15) is 14.7 Å². The van der Waals surface area contributed by atoms with Gasteiger partial charge in [0, 0.05) is 29.4 Å². The number of carbonyl (C=O) groups is 2. The smallest absolute Gasteiger partial charge is 0.408 e. The molecular formula is C27H24N2O4. The molecule has 0 saturated carbocycles. The number of para-hydroxylation sites is 1. The van der Waals surface area contributed by atoms with E-state index in [1.54, 1.807) is 6.20 Å². The fraction of sp³-hybridized carbons (Fsp3) is 0.185. The quantitative estimate of drug-likeness (QED) is 0.389. The second-order valence-electron chi connectivity index (χ2n) is 8.62. The molecule has 1 aromatic heterocycles. The number of carboxylic acids is 1. The van der Waals surface area contributed by atoms with Crippen LogP contribution in [-0.2, 0) is 16.0 Å². The minimum Gasteiger partial charge on any atom is -0.480 e. The molecule has 6 nitrogen and oxygen atoms in total. The first kappa shape index (κ1) is 20.8. The number of H-pyrrole nitrogens is 1. The van der Waals surface area contributed by atoms with E-state index in [0.29, 0.717) is 0 Å². The van der Waals surface area contributed by atoms with E-state index < -0.39 is 17.6 Å². The number of nitrogens with one attached hydrogen (secondary N) is 2. The summed E-state index contributed by atoms with van der Waals surface area (Å²) >= 11 is 0. The van der Waals surface area contributed by atoms with Gasteiger partial charge in [0.15, 0.2) is 0 Å². The number of hydrogen-bond acceptors (Lipinski definition) is 3. The standard InChI is InChI=1S/C27H24N2O4/c1-27(25(30)31,14-17-15-28-24-13-7-6-8-18(17)24)29-26(32)33-16-23-21-11-4-2-9-19(21)20-10-3-5-12-22(20)23/h2-13,15,23,28H,14,16H2,1H3,(H,29,32)(H,30,31). The normalized spacial score (nSPS) is 14.3. The predicted octanol–water partition coefficient (Wildman–Crippen LogP) is 5.09. The van der Waals surface area contributed by atoms with Crippen LogP contribution < -0.4 is 5.32 Å². The Hall–Kier alpha value is -4.06. The Morgan fingerprint density at radius 1 is 0.970 bits per heavy atom. The van der Waals surface area contributed by atoms with Crippen molar-refractivity contribution in [1.82, 2.24) is 10.3 Å². The number of fused-ring (bicyclic) bond motifs is 4. The van der Waals surface area contributed by atoms with E-state index in [4.69, 9.17) is 4.74 Å². The summed E-state index contributed by atoms with van der Waals surface area (Å²) in [5.41, 5.74) is 4.69. The molecule has 1 heterocycles. The molecule has 3 N–H and O–H groups in total. The summed E-state index contributed by atoms with van der Waals surface area (Å²) in [4.78, 5) is 28.0. The van der Waals surface area contributed by atoms with Crippen molar-refractivity contribution in [1.29, 1.82) is 0 Å². The van der Waals surface area contributed by atoms with Crippen molar-refractivity contribution in [3.05, 3.63) is 95.7 Å². The lowest BCUT2D eigenvalue weighted by Crippen LogP contribution is -2.54. The third-order valence-corrected chi connectivity index (χ3v) is 6.41. The molecular weight excluding hydrogens is 416 g/mol. The monoisotopic (exact) mass is 440 g/mol. The number of carboxylic acid groups (broad SMARTS) is 1. The molecule has 0 aliphatic heterocycles. The fourth-order valence-electron chi connectivity index (χ4n) is 4.69. The van der Waals surface area contributed by atoms with Crippen molar-refractivity contribution >= 4 is 23.0 Å². The van der Waals surface area contributed by atoms with Gasteiger partial charge in [-0.1, -0.05) is 66.7 Å². The molecule has 6 heteroatoms. The number of ether oxygens (including phenoxy) is 1. The molecule has 1 atom stereocenters. The average molecular weight is 440 g/mol. The third kappa shape index (κ3) is 3.74. The highest BCUT2D eigenvalue weighted by molar-refractivity contribution is 5.87. The van der Waals surface area contributed by atoms with Gasteiger partial charge in [-0.3, -0.25) is 0 Å². The van der Waals surface area contributed by atoms with Crippen molar-refractivity contribution in [3.8, 4) is 11.1 Å². The van der Waals surface area contributed by atoms with E-state index in [2.05, 4.69) is 22.4 Å². The van der Waals surface area contributed by atoms with Gasteiger partial charge in [-0.15, -0.1) is 0 Å². The van der Waals surface area contributed by atoms with E-state index in [1.165, 1.54) is 6.92 Å². The molecule has 1 amide bonds. The Kier molecular flexibility index (Phi) is 5.13. The van der Waals surface area contributed by atoms with Crippen LogP contribution in [-0.4, -0.2) is 34.3 Å². The zero-order chi connectivity index (χ0) is 23.0. The van der Waals surface area contributed by atoms with Gasteiger partial charge in [-0.25, -0.2) is 9.59 Å². The molecule has 0 bridgehead atoms. The van der Waals surface area contributed by atoms with Crippen molar-refractivity contribution < 1.29 is 19.4 Å². The van der Waals surface area contributed by atoms with E-state index in [-0.39, 0.29) is 18.9 Å². The van der Waals surface area contributed by atoms with Crippen LogP contribution in [0.2, 0.25) is 0 Å². The molecule has 1 aliphatic rings. The van der Waals surface area contributed by atoms with E-state index >= 15 is 0 Å². The maximum absolute atomic E-state index is 12.7. The molecule has 1 aliphatic carbocycles. The van der Waals surface area contributed by atoms with Crippen molar-refractivity contribution in [2.75, 3.05) is 6.61 Å². The Balaban J connectivity index is 1.32. The molecule has 0 spiro atoms. The summed E-state index contributed by atoms with van der Waals surface area (Å²) in [5.74, 6) is -1.21. The summed E-state index contributed by atoms with van der Waals surface area (Å²) in [6.07, 6.45) is 1.16. The third-order valence-electron chi connectivity index (χ3n) is 6.41. The molecule has 4 aromatic rings. The minimum absolute atomic E-state index is 0.0900. The molecule has 33 heavy (non-hydrogen) atoms. The van der Waals surface area contributed by atoms with Crippen LogP contribution in [0.1, 0.15) is 29.5 Å². The van der Waals surface area contributed by atoms with Crippen molar-refractivity contribution in [2.45, 2.75) is 24.8 Å². The van der Waals surface area contributed by atoms with Crippen LogP contribution in [0, 0.1) is 0 Å². The SMILES string of the molecule is CC(Cc1c[nH]c2ccccc12)(NC(=O)OCC1c2ccccc2-c2ccccc21)C(=O)O. The Bertz CT molecular complexity index is 1310. The highest BCUT2D eigenvalue weighted by Crippen LogP contribution is 2.44. The molecule has 0 radical (unpaired) electrons. The van der Waals surface area contributed by atoms with Crippen LogP contribution in [0.15, 0.2) is 79.0 Å². The first-order chi connectivity index (χ1) is 16.0. The highest BCUT2D eigenvalue weighted by atomic mass is 16.5. The summed E-state index contributed by atoms with van der Waals surface area (Å²) < 4.78 is 5.57. The lowest BCUT2D eigenvalue weighted by atomic mass is 9.93. The average Bonchev–Trinajstić information content (AvgIpc) is 3.36. The van der Waals surface area contributed by atoms with Crippen LogP contribution in [0.4, 0.5) is 4.79 Å². The number of aromatic nitrogens is 1. The number of benzene rings is 3. The summed E-state index contributed by atoms with van der Waals surface area (Å²) in [6, 6.07) is 23.8. The zero-order valence-electron chi connectivity index (χ0n) is 18.2. The summed E-state index contributed by atoms with van der Waals surface area (Å²) in [7, 11) is 0. The van der Waals surface area contributed by atoms with Gasteiger partial charge in [0.1, 0.15) is 12.1 Å². The van der Waals surface area contributed by atoms with Crippen LogP contribution in [0.3, 0.4) is 0 Å². The van der Waals surface area contributed by atoms with Crippen LogP contribution >= 0.6 is 0 Å². The number of hydrogen-bond donors (Lipinski definition) is 3. The Morgan fingerprint density at radius 2 is 1.58 bits per heavy atom. The molecule has 0 fully saturated rings. The minimum atomic E-state index is -1.52.